The summed E-state index contributed by atoms with van der Waals surface area (Å²) in [5.74, 6) is -4.84. The summed E-state index contributed by atoms with van der Waals surface area (Å²) in [5, 5.41) is 3.83. The van der Waals surface area contributed by atoms with Gasteiger partial charge in [-0.15, -0.1) is 0 Å². The van der Waals surface area contributed by atoms with Crippen molar-refractivity contribution in [3.8, 4) is 5.75 Å². The molecule has 2 atom stereocenters. The van der Waals surface area contributed by atoms with Crippen LogP contribution in [0.4, 0.5) is 13.2 Å². The quantitative estimate of drug-likeness (QED) is 0.447. The van der Waals surface area contributed by atoms with Crippen molar-refractivity contribution >= 4 is 11.8 Å². The minimum atomic E-state index is -3.05. The van der Waals surface area contributed by atoms with E-state index in [4.69, 9.17) is 16.2 Å². The summed E-state index contributed by atoms with van der Waals surface area (Å²) in [6.07, 6.45) is 0. The number of primary amides is 1. The van der Waals surface area contributed by atoms with Gasteiger partial charge in [-0.05, 0) is 36.4 Å². The minimum absolute atomic E-state index is 0.000366. The molecule has 2 aromatic rings. The summed E-state index contributed by atoms with van der Waals surface area (Å²) in [7, 11) is 2.97. The molecular formula is C24H27F3N6O3. The zero-order valence-electron chi connectivity index (χ0n) is 19.7. The average molecular weight is 505 g/mol. The van der Waals surface area contributed by atoms with Crippen molar-refractivity contribution in [1.29, 1.82) is 0 Å². The lowest BCUT2D eigenvalue weighted by Gasteiger charge is -2.31. The minimum Gasteiger partial charge on any atom is -0.496 e. The molecule has 6 N–H and O–H groups in total. The van der Waals surface area contributed by atoms with E-state index in [0.717, 1.165) is 11.1 Å². The normalized spacial score (nSPS) is 21.6. The molecule has 36 heavy (non-hydrogen) atoms. The van der Waals surface area contributed by atoms with Gasteiger partial charge in [-0.1, -0.05) is 24.3 Å². The van der Waals surface area contributed by atoms with E-state index in [1.165, 1.54) is 24.1 Å². The smallest absolute Gasteiger partial charge is 0.283 e. The van der Waals surface area contributed by atoms with Crippen LogP contribution in [0, 0.1) is 5.82 Å². The monoisotopic (exact) mass is 504 g/mol. The summed E-state index contributed by atoms with van der Waals surface area (Å²) < 4.78 is 47.8. The molecule has 1 saturated heterocycles. The topological polar surface area (TPSA) is 126 Å². The fourth-order valence-electron chi connectivity index (χ4n) is 4.51. The molecule has 2 heterocycles. The Hall–Kier alpha value is -3.77. The Bertz CT molecular complexity index is 1200. The van der Waals surface area contributed by atoms with Gasteiger partial charge in [-0.3, -0.25) is 19.5 Å². The van der Waals surface area contributed by atoms with Crippen LogP contribution in [0.5, 0.6) is 5.75 Å². The summed E-state index contributed by atoms with van der Waals surface area (Å²) in [6, 6.07) is 8.33. The predicted octanol–water partition coefficient (Wildman–Crippen LogP) is 1.23. The van der Waals surface area contributed by atoms with Crippen LogP contribution in [-0.4, -0.2) is 60.9 Å². The average Bonchev–Trinajstić information content (AvgIpc) is 3.31. The SMILES string of the molecule is COc1ccc(F)cc1C(=O)NCc1ccc(C2NN(C3CN(C)CC3(F)F)C(N)=C2C(N)=O)cc1. The Morgan fingerprint density at radius 1 is 1.22 bits per heavy atom. The predicted molar refractivity (Wildman–Crippen MR) is 125 cm³/mol. The molecule has 2 aliphatic rings. The first-order valence-electron chi connectivity index (χ1n) is 11.1. The highest BCUT2D eigenvalue weighted by molar-refractivity contribution is 5.97. The standard InChI is InChI=1S/C24H27F3N6O3/c1-32-11-18(24(26,27)12-32)33-21(28)19(22(29)34)20(31-33)14-5-3-13(4-6-14)10-30-23(35)16-9-15(25)7-8-17(16)36-2/h3-9,18,20,31H,10-12,28H2,1-2H3,(H2,29,34)(H,30,35). The van der Waals surface area contributed by atoms with Crippen molar-refractivity contribution in [2.24, 2.45) is 11.5 Å². The Balaban J connectivity index is 1.48. The first-order chi connectivity index (χ1) is 17.0. The lowest BCUT2D eigenvalue weighted by atomic mass is 9.98. The second-order valence-corrected chi connectivity index (χ2v) is 8.84. The molecule has 0 spiro atoms. The number of nitrogens with one attached hydrogen (secondary N) is 2. The van der Waals surface area contributed by atoms with E-state index in [2.05, 4.69) is 10.7 Å². The number of halogens is 3. The van der Waals surface area contributed by atoms with Crippen LogP contribution in [0.3, 0.4) is 0 Å². The van der Waals surface area contributed by atoms with Crippen LogP contribution in [0.15, 0.2) is 53.9 Å². The number of ether oxygens (including phenoxy) is 1. The van der Waals surface area contributed by atoms with Gasteiger partial charge in [0.15, 0.2) is 0 Å². The van der Waals surface area contributed by atoms with E-state index in [0.29, 0.717) is 11.1 Å². The molecule has 0 bridgehead atoms. The number of nitrogens with zero attached hydrogens (tertiary/aromatic N) is 2. The molecule has 192 valence electrons. The maximum atomic E-state index is 14.6. The third kappa shape index (κ3) is 4.82. The molecule has 0 saturated carbocycles. The van der Waals surface area contributed by atoms with Crippen LogP contribution in [0.25, 0.3) is 0 Å². The van der Waals surface area contributed by atoms with Crippen molar-refractivity contribution in [1.82, 2.24) is 20.7 Å². The zero-order chi connectivity index (χ0) is 26.2. The first-order valence-corrected chi connectivity index (χ1v) is 11.1. The fraction of sp³-hybridized carbons (Fsp3) is 0.333. The fourth-order valence-corrected chi connectivity index (χ4v) is 4.51. The van der Waals surface area contributed by atoms with Gasteiger partial charge in [-0.25, -0.2) is 18.6 Å². The molecular weight excluding hydrogens is 477 g/mol. The number of methoxy groups -OCH3 is 1. The summed E-state index contributed by atoms with van der Waals surface area (Å²) in [4.78, 5) is 26.2. The summed E-state index contributed by atoms with van der Waals surface area (Å²) in [6.45, 7) is -0.250. The maximum absolute atomic E-state index is 14.6. The number of carbonyl (C=O) groups is 2. The number of likely N-dealkylation sites (N-methyl/N-ethyl adjacent to an activating group) is 1. The van der Waals surface area contributed by atoms with Crippen LogP contribution in [0.2, 0.25) is 0 Å². The zero-order valence-corrected chi connectivity index (χ0v) is 19.7. The van der Waals surface area contributed by atoms with Gasteiger partial charge in [0.05, 0.1) is 30.8 Å². The number of nitrogens with two attached hydrogens (primary N) is 2. The molecule has 2 aromatic carbocycles. The van der Waals surface area contributed by atoms with Gasteiger partial charge in [-0.2, -0.15) is 0 Å². The molecule has 1 fully saturated rings. The molecule has 0 aliphatic carbocycles. The van der Waals surface area contributed by atoms with Gasteiger partial charge in [0.25, 0.3) is 11.8 Å². The summed E-state index contributed by atoms with van der Waals surface area (Å²) in [5.41, 5.74) is 15.9. The van der Waals surface area contributed by atoms with E-state index < -0.39 is 42.2 Å². The number of benzene rings is 2. The largest absolute Gasteiger partial charge is 0.496 e. The van der Waals surface area contributed by atoms with Crippen molar-refractivity contribution < 1.29 is 27.5 Å². The molecule has 2 amide bonds. The number of likely N-dealkylation sites (tertiary alicyclic amines) is 1. The van der Waals surface area contributed by atoms with Crippen molar-refractivity contribution in [3.05, 3.63) is 76.4 Å². The van der Waals surface area contributed by atoms with Crippen LogP contribution in [-0.2, 0) is 11.3 Å². The van der Waals surface area contributed by atoms with Crippen molar-refractivity contribution in [2.75, 3.05) is 27.2 Å². The highest BCUT2D eigenvalue weighted by Crippen LogP contribution is 2.37. The number of hydrazine groups is 1. The number of carbonyl (C=O) groups excluding carboxylic acids is 2. The van der Waals surface area contributed by atoms with E-state index in [1.54, 1.807) is 31.3 Å². The van der Waals surface area contributed by atoms with E-state index >= 15 is 0 Å². The second-order valence-electron chi connectivity index (χ2n) is 8.84. The number of hydrogen-bond acceptors (Lipinski definition) is 7. The third-order valence-corrected chi connectivity index (χ3v) is 6.29. The molecule has 0 aromatic heterocycles. The lowest BCUT2D eigenvalue weighted by molar-refractivity contribution is -0.114. The van der Waals surface area contributed by atoms with Crippen LogP contribution in [0.1, 0.15) is 27.5 Å². The molecule has 4 rings (SSSR count). The molecule has 2 unspecified atom stereocenters. The first kappa shape index (κ1) is 25.3. The third-order valence-electron chi connectivity index (χ3n) is 6.29. The van der Waals surface area contributed by atoms with Gasteiger partial charge in [0.2, 0.25) is 5.91 Å². The van der Waals surface area contributed by atoms with Gasteiger partial charge >= 0.3 is 0 Å². The Morgan fingerprint density at radius 2 is 1.92 bits per heavy atom. The molecule has 0 radical (unpaired) electrons. The van der Waals surface area contributed by atoms with Crippen molar-refractivity contribution in [3.63, 3.8) is 0 Å². The number of alkyl halides is 2. The van der Waals surface area contributed by atoms with E-state index in [-0.39, 0.29) is 35.8 Å². The van der Waals surface area contributed by atoms with Crippen molar-refractivity contribution in [2.45, 2.75) is 24.6 Å². The molecule has 2 aliphatic heterocycles. The second kappa shape index (κ2) is 9.70. The van der Waals surface area contributed by atoms with Gasteiger partial charge in [0.1, 0.15) is 23.4 Å². The van der Waals surface area contributed by atoms with Gasteiger partial charge in [0, 0.05) is 13.1 Å². The Labute approximate surface area is 205 Å². The Kier molecular flexibility index (Phi) is 6.83. The number of amides is 2. The number of rotatable bonds is 7. The van der Waals surface area contributed by atoms with Crippen LogP contribution < -0.4 is 26.9 Å². The summed E-state index contributed by atoms with van der Waals surface area (Å²) >= 11 is 0. The Morgan fingerprint density at radius 3 is 2.50 bits per heavy atom. The van der Waals surface area contributed by atoms with E-state index in [9.17, 15) is 22.8 Å². The lowest BCUT2D eigenvalue weighted by Crippen LogP contribution is -2.52. The highest BCUT2D eigenvalue weighted by atomic mass is 19.3. The molecule has 9 nitrogen and oxygen atoms in total. The van der Waals surface area contributed by atoms with Crippen LogP contribution >= 0.6 is 0 Å². The maximum Gasteiger partial charge on any atom is 0.283 e. The number of hydrogen-bond donors (Lipinski definition) is 4. The van der Waals surface area contributed by atoms with Gasteiger partial charge < -0.3 is 21.5 Å². The molecule has 12 heteroatoms. The van der Waals surface area contributed by atoms with E-state index in [1.807, 2.05) is 0 Å². The highest BCUT2D eigenvalue weighted by Gasteiger charge is 2.53.